The number of anilines is 2. The Morgan fingerprint density at radius 3 is 2.61 bits per heavy atom. The molecule has 0 aromatic heterocycles. The van der Waals surface area contributed by atoms with Crippen LogP contribution in [0.3, 0.4) is 0 Å². The van der Waals surface area contributed by atoms with Crippen LogP contribution in [0.1, 0.15) is 19.8 Å². The summed E-state index contributed by atoms with van der Waals surface area (Å²) in [5, 5.41) is 6.32. The number of nitrogens with one attached hydrogen (secondary N) is 2. The van der Waals surface area contributed by atoms with Gasteiger partial charge in [-0.15, -0.1) is 0 Å². The third-order valence-corrected chi connectivity index (χ3v) is 4.75. The number of carbonyl (C=O) groups excluding carboxylic acids is 1. The van der Waals surface area contributed by atoms with Crippen LogP contribution in [0.15, 0.2) is 24.3 Å². The number of likely N-dealkylation sites (N-methyl/N-ethyl adjacent to an activating group) is 1. The zero-order valence-corrected chi connectivity index (χ0v) is 14.1. The molecule has 3 rings (SSSR count). The van der Waals surface area contributed by atoms with Gasteiger partial charge in [-0.25, -0.2) is 0 Å². The fraction of sp³-hybridized carbons (Fsp3) is 0.611. The highest BCUT2D eigenvalue weighted by atomic mass is 16.1. The summed E-state index contributed by atoms with van der Waals surface area (Å²) >= 11 is 0. The number of piperazine rings is 1. The van der Waals surface area contributed by atoms with E-state index in [-0.39, 0.29) is 5.91 Å². The highest BCUT2D eigenvalue weighted by Gasteiger charge is 2.21. The van der Waals surface area contributed by atoms with E-state index in [1.807, 2.05) is 18.2 Å². The van der Waals surface area contributed by atoms with E-state index in [1.54, 1.807) is 0 Å². The van der Waals surface area contributed by atoms with Gasteiger partial charge in [-0.1, -0.05) is 19.1 Å². The summed E-state index contributed by atoms with van der Waals surface area (Å²) in [5.74, 6) is 0.843. The molecule has 5 nitrogen and oxygen atoms in total. The van der Waals surface area contributed by atoms with E-state index in [0.717, 1.165) is 56.6 Å². The Bertz CT molecular complexity index is 522. The molecule has 1 aromatic carbocycles. The number of nitrogens with zero attached hydrogens (tertiary/aromatic N) is 2. The smallest absolute Gasteiger partial charge is 0.238 e. The SMILES string of the molecule is CCN1CCN(c2ccccc2NC(=O)CNCC2CC2)CC1. The molecular weight excluding hydrogens is 288 g/mol. The monoisotopic (exact) mass is 316 g/mol. The van der Waals surface area contributed by atoms with Gasteiger partial charge in [0.25, 0.3) is 0 Å². The van der Waals surface area contributed by atoms with Crippen molar-refractivity contribution in [3.8, 4) is 0 Å². The minimum Gasteiger partial charge on any atom is -0.367 e. The van der Waals surface area contributed by atoms with Gasteiger partial charge in [-0.2, -0.15) is 0 Å². The quantitative estimate of drug-likeness (QED) is 0.805. The maximum absolute atomic E-state index is 12.1. The molecule has 1 saturated carbocycles. The van der Waals surface area contributed by atoms with Crippen LogP contribution >= 0.6 is 0 Å². The molecular formula is C18H28N4O. The largest absolute Gasteiger partial charge is 0.367 e. The first-order valence-electron chi connectivity index (χ1n) is 8.83. The Labute approximate surface area is 139 Å². The van der Waals surface area contributed by atoms with Crippen molar-refractivity contribution in [3.05, 3.63) is 24.3 Å². The highest BCUT2D eigenvalue weighted by Crippen LogP contribution is 2.28. The van der Waals surface area contributed by atoms with Crippen LogP contribution < -0.4 is 15.5 Å². The number of rotatable bonds is 7. The van der Waals surface area contributed by atoms with Crippen LogP contribution in [0.5, 0.6) is 0 Å². The fourth-order valence-electron chi connectivity index (χ4n) is 3.07. The van der Waals surface area contributed by atoms with Crippen LogP contribution in [0, 0.1) is 5.92 Å². The third-order valence-electron chi connectivity index (χ3n) is 4.75. The van der Waals surface area contributed by atoms with Gasteiger partial charge in [-0.05, 0) is 44.0 Å². The summed E-state index contributed by atoms with van der Waals surface area (Å²) in [6, 6.07) is 8.14. The summed E-state index contributed by atoms with van der Waals surface area (Å²) in [6.07, 6.45) is 2.61. The van der Waals surface area contributed by atoms with Crippen molar-refractivity contribution in [1.82, 2.24) is 10.2 Å². The maximum Gasteiger partial charge on any atom is 0.238 e. The fourth-order valence-corrected chi connectivity index (χ4v) is 3.07. The molecule has 1 amide bonds. The zero-order valence-electron chi connectivity index (χ0n) is 14.1. The van der Waals surface area contributed by atoms with Gasteiger partial charge >= 0.3 is 0 Å². The van der Waals surface area contributed by atoms with Crippen LogP contribution in [-0.4, -0.2) is 56.6 Å². The molecule has 1 aromatic rings. The molecule has 0 atom stereocenters. The molecule has 2 fully saturated rings. The van der Waals surface area contributed by atoms with Crippen LogP contribution in [-0.2, 0) is 4.79 Å². The van der Waals surface area contributed by atoms with Crippen LogP contribution in [0.2, 0.25) is 0 Å². The van der Waals surface area contributed by atoms with Crippen LogP contribution in [0.25, 0.3) is 0 Å². The van der Waals surface area contributed by atoms with Crippen molar-refractivity contribution in [2.75, 3.05) is 56.0 Å². The molecule has 0 spiro atoms. The lowest BCUT2D eigenvalue weighted by Crippen LogP contribution is -2.46. The number of amides is 1. The number of carbonyl (C=O) groups is 1. The first-order chi connectivity index (χ1) is 11.3. The summed E-state index contributed by atoms with van der Waals surface area (Å²) in [6.45, 7) is 8.88. The summed E-state index contributed by atoms with van der Waals surface area (Å²) in [4.78, 5) is 17.0. The van der Waals surface area contributed by atoms with Gasteiger partial charge in [0.2, 0.25) is 5.91 Å². The average molecular weight is 316 g/mol. The lowest BCUT2D eigenvalue weighted by atomic mass is 10.2. The van der Waals surface area contributed by atoms with E-state index >= 15 is 0 Å². The minimum absolute atomic E-state index is 0.0466. The molecule has 2 N–H and O–H groups in total. The molecule has 1 heterocycles. The van der Waals surface area contributed by atoms with Gasteiger partial charge in [-0.3, -0.25) is 4.79 Å². The first-order valence-corrected chi connectivity index (χ1v) is 8.83. The average Bonchev–Trinajstić information content (AvgIpc) is 3.40. The summed E-state index contributed by atoms with van der Waals surface area (Å²) in [7, 11) is 0. The Morgan fingerprint density at radius 1 is 1.17 bits per heavy atom. The van der Waals surface area contributed by atoms with Crippen LogP contribution in [0.4, 0.5) is 11.4 Å². The summed E-state index contributed by atoms with van der Waals surface area (Å²) in [5.41, 5.74) is 2.06. The number of benzene rings is 1. The molecule has 0 bridgehead atoms. The van der Waals surface area contributed by atoms with Gasteiger partial charge < -0.3 is 20.4 Å². The topological polar surface area (TPSA) is 47.6 Å². The second-order valence-electron chi connectivity index (χ2n) is 6.56. The van der Waals surface area contributed by atoms with Crippen molar-refractivity contribution in [2.45, 2.75) is 19.8 Å². The lowest BCUT2D eigenvalue weighted by Gasteiger charge is -2.36. The van der Waals surface area contributed by atoms with Gasteiger partial charge in [0.15, 0.2) is 0 Å². The predicted octanol–water partition coefficient (Wildman–Crippen LogP) is 1.77. The Balaban J connectivity index is 1.55. The second-order valence-corrected chi connectivity index (χ2v) is 6.56. The maximum atomic E-state index is 12.1. The van der Waals surface area contributed by atoms with E-state index in [2.05, 4.69) is 33.4 Å². The Morgan fingerprint density at radius 2 is 1.91 bits per heavy atom. The van der Waals surface area contributed by atoms with Crippen molar-refractivity contribution >= 4 is 17.3 Å². The molecule has 1 aliphatic heterocycles. The van der Waals surface area contributed by atoms with E-state index in [1.165, 1.54) is 12.8 Å². The highest BCUT2D eigenvalue weighted by molar-refractivity contribution is 5.95. The van der Waals surface area contributed by atoms with Gasteiger partial charge in [0.1, 0.15) is 0 Å². The molecule has 126 valence electrons. The van der Waals surface area contributed by atoms with Crippen molar-refractivity contribution in [3.63, 3.8) is 0 Å². The molecule has 5 heteroatoms. The molecule has 23 heavy (non-hydrogen) atoms. The lowest BCUT2D eigenvalue weighted by molar-refractivity contribution is -0.115. The van der Waals surface area contributed by atoms with E-state index in [0.29, 0.717) is 6.54 Å². The molecule has 1 aliphatic carbocycles. The van der Waals surface area contributed by atoms with Crippen molar-refractivity contribution < 1.29 is 4.79 Å². The molecule has 1 saturated heterocycles. The Kier molecular flexibility index (Phi) is 5.51. The van der Waals surface area contributed by atoms with Gasteiger partial charge in [0, 0.05) is 26.2 Å². The van der Waals surface area contributed by atoms with E-state index in [9.17, 15) is 4.79 Å². The first kappa shape index (κ1) is 16.3. The second kappa shape index (κ2) is 7.79. The predicted molar refractivity (Wildman–Crippen MR) is 95.0 cm³/mol. The summed E-state index contributed by atoms with van der Waals surface area (Å²) < 4.78 is 0. The Hall–Kier alpha value is -1.59. The number of hydrogen-bond acceptors (Lipinski definition) is 4. The van der Waals surface area contributed by atoms with E-state index in [4.69, 9.17) is 0 Å². The van der Waals surface area contributed by atoms with Crippen molar-refractivity contribution in [2.24, 2.45) is 5.92 Å². The minimum atomic E-state index is 0.0466. The zero-order chi connectivity index (χ0) is 16.1. The number of para-hydroxylation sites is 2. The number of hydrogen-bond donors (Lipinski definition) is 2. The molecule has 2 aliphatic rings. The normalized spacial score (nSPS) is 18.9. The third kappa shape index (κ3) is 4.69. The van der Waals surface area contributed by atoms with E-state index < -0.39 is 0 Å². The molecule has 0 radical (unpaired) electrons. The standard InChI is InChI=1S/C18H28N4O/c1-2-21-9-11-22(12-10-21)17-6-4-3-5-16(17)20-18(23)14-19-13-15-7-8-15/h3-6,15,19H,2,7-14H2,1H3,(H,20,23). The van der Waals surface area contributed by atoms with Crippen molar-refractivity contribution in [1.29, 1.82) is 0 Å². The molecule has 0 unspecified atom stereocenters. The van der Waals surface area contributed by atoms with Gasteiger partial charge in [0.05, 0.1) is 17.9 Å².